The molecule has 0 saturated heterocycles. The van der Waals surface area contributed by atoms with Gasteiger partial charge in [-0.15, -0.1) is 0 Å². The van der Waals surface area contributed by atoms with Gasteiger partial charge in [0.2, 0.25) is 0 Å². The molecule has 0 saturated carbocycles. The first-order valence-electron chi connectivity index (χ1n) is 4.89. The zero-order chi connectivity index (χ0) is 10.6. The summed E-state index contributed by atoms with van der Waals surface area (Å²) in [6, 6.07) is 0. The van der Waals surface area contributed by atoms with E-state index in [9.17, 15) is 0 Å². The predicted octanol–water partition coefficient (Wildman–Crippen LogP) is 3.48. The van der Waals surface area contributed by atoms with Crippen LogP contribution in [0.4, 0.5) is 0 Å². The lowest BCUT2D eigenvalue weighted by atomic mass is 9.75. The van der Waals surface area contributed by atoms with Crippen LogP contribution in [0.15, 0.2) is 23.4 Å². The predicted molar refractivity (Wildman–Crippen MR) is 60.3 cm³/mol. The maximum absolute atomic E-state index is 5.58. The molecule has 76 valence electrons. The lowest BCUT2D eigenvalue weighted by Gasteiger charge is -2.30. The van der Waals surface area contributed by atoms with Crippen molar-refractivity contribution in [1.29, 1.82) is 0 Å². The van der Waals surface area contributed by atoms with Crippen LogP contribution in [0.5, 0.6) is 0 Å². The van der Waals surface area contributed by atoms with Gasteiger partial charge in [0.05, 0.1) is 0 Å². The summed E-state index contributed by atoms with van der Waals surface area (Å²) in [6.45, 7) is 13.1. The summed E-state index contributed by atoms with van der Waals surface area (Å²) in [5.74, 6) is 0.648. The molecule has 2 N–H and O–H groups in total. The van der Waals surface area contributed by atoms with Gasteiger partial charge in [-0.3, -0.25) is 0 Å². The number of nitrogens with two attached hydrogens (primary N) is 1. The van der Waals surface area contributed by atoms with E-state index in [4.69, 9.17) is 5.73 Å². The van der Waals surface area contributed by atoms with E-state index in [1.807, 2.05) is 13.0 Å². The highest BCUT2D eigenvalue weighted by Crippen LogP contribution is 2.34. The third-order valence-electron chi connectivity index (χ3n) is 3.06. The average Bonchev–Trinajstić information content (AvgIpc) is 1.99. The fourth-order valence-corrected chi connectivity index (χ4v) is 0.927. The summed E-state index contributed by atoms with van der Waals surface area (Å²) in [7, 11) is 0. The summed E-state index contributed by atoms with van der Waals surface area (Å²) >= 11 is 0. The van der Waals surface area contributed by atoms with Crippen LogP contribution in [0, 0.1) is 11.3 Å². The van der Waals surface area contributed by atoms with Crippen molar-refractivity contribution in [1.82, 2.24) is 0 Å². The summed E-state index contributed by atoms with van der Waals surface area (Å²) in [5.41, 5.74) is 8.07. The number of allylic oxidation sites excluding steroid dienone is 4. The summed E-state index contributed by atoms with van der Waals surface area (Å²) in [5, 5.41) is 0. The van der Waals surface area contributed by atoms with Crippen LogP contribution in [0.1, 0.15) is 41.5 Å². The first-order chi connectivity index (χ1) is 5.78. The molecule has 0 aromatic carbocycles. The second-order valence-electron chi connectivity index (χ2n) is 4.64. The molecule has 0 amide bonds. The maximum atomic E-state index is 5.58. The Balaban J connectivity index is 4.68. The van der Waals surface area contributed by atoms with E-state index < -0.39 is 0 Å². The summed E-state index contributed by atoms with van der Waals surface area (Å²) < 4.78 is 0. The highest BCUT2D eigenvalue weighted by Gasteiger charge is 2.23. The van der Waals surface area contributed by atoms with Gasteiger partial charge in [0.15, 0.2) is 0 Å². The molecule has 0 radical (unpaired) electrons. The minimum absolute atomic E-state index is 0.256. The van der Waals surface area contributed by atoms with Crippen molar-refractivity contribution < 1.29 is 0 Å². The monoisotopic (exact) mass is 181 g/mol. The Bertz CT molecular complexity index is 215. The van der Waals surface area contributed by atoms with Crippen molar-refractivity contribution in [2.24, 2.45) is 17.1 Å². The molecule has 1 heteroatoms. The molecular weight excluding hydrogens is 158 g/mol. The van der Waals surface area contributed by atoms with Crippen LogP contribution in [-0.2, 0) is 0 Å². The number of hydrogen-bond acceptors (Lipinski definition) is 1. The van der Waals surface area contributed by atoms with Gasteiger partial charge >= 0.3 is 0 Å². The molecule has 0 heterocycles. The van der Waals surface area contributed by atoms with Crippen molar-refractivity contribution in [2.75, 3.05) is 0 Å². The molecule has 0 aliphatic carbocycles. The normalized spacial score (nSPS) is 15.3. The van der Waals surface area contributed by atoms with Crippen LogP contribution in [0.3, 0.4) is 0 Å². The second-order valence-corrected chi connectivity index (χ2v) is 4.64. The van der Waals surface area contributed by atoms with Crippen molar-refractivity contribution >= 4 is 0 Å². The number of rotatable bonds is 3. The Morgan fingerprint density at radius 2 is 1.62 bits per heavy atom. The first kappa shape index (κ1) is 12.3. The molecule has 0 fully saturated rings. The van der Waals surface area contributed by atoms with Crippen LogP contribution < -0.4 is 5.73 Å². The molecule has 0 unspecified atom stereocenters. The Hall–Kier alpha value is -0.720. The minimum Gasteiger partial charge on any atom is -0.402 e. The maximum Gasteiger partial charge on any atom is 0.00488 e. The first-order valence-corrected chi connectivity index (χ1v) is 4.89. The van der Waals surface area contributed by atoms with E-state index >= 15 is 0 Å². The molecule has 0 aromatic rings. The smallest absolute Gasteiger partial charge is 0.00488 e. The summed E-state index contributed by atoms with van der Waals surface area (Å²) in [4.78, 5) is 0. The molecule has 0 bridgehead atoms. The van der Waals surface area contributed by atoms with Gasteiger partial charge < -0.3 is 5.73 Å². The fourth-order valence-electron chi connectivity index (χ4n) is 0.927. The van der Waals surface area contributed by atoms with Crippen LogP contribution in [0.25, 0.3) is 0 Å². The molecule has 1 nitrogen and oxygen atoms in total. The second kappa shape index (κ2) is 4.50. The van der Waals surface area contributed by atoms with Crippen molar-refractivity contribution in [3.8, 4) is 0 Å². The van der Waals surface area contributed by atoms with Crippen LogP contribution >= 0.6 is 0 Å². The zero-order valence-electron chi connectivity index (χ0n) is 9.81. The van der Waals surface area contributed by atoms with E-state index in [2.05, 4.69) is 40.7 Å². The Kier molecular flexibility index (Phi) is 4.25. The standard InChI is InChI=1S/C12H23N/c1-9(2)12(5,6)10(3)7-8-11(4)13/h7-9H,13H2,1-6H3/b10-7+,11-8-. The third-order valence-corrected chi connectivity index (χ3v) is 3.06. The van der Waals surface area contributed by atoms with E-state index in [0.29, 0.717) is 5.92 Å². The average molecular weight is 181 g/mol. The van der Waals surface area contributed by atoms with Gasteiger partial charge in [-0.2, -0.15) is 0 Å². The van der Waals surface area contributed by atoms with E-state index in [1.54, 1.807) is 0 Å². The lowest BCUT2D eigenvalue weighted by Crippen LogP contribution is -2.20. The fraction of sp³-hybridized carbons (Fsp3) is 0.667. The van der Waals surface area contributed by atoms with Crippen LogP contribution in [0.2, 0.25) is 0 Å². The third kappa shape index (κ3) is 3.67. The van der Waals surface area contributed by atoms with E-state index in [1.165, 1.54) is 5.57 Å². The van der Waals surface area contributed by atoms with Gasteiger partial charge in [-0.1, -0.05) is 39.3 Å². The minimum atomic E-state index is 0.256. The molecular formula is C12H23N. The quantitative estimate of drug-likeness (QED) is 0.663. The van der Waals surface area contributed by atoms with Crippen molar-refractivity contribution in [2.45, 2.75) is 41.5 Å². The largest absolute Gasteiger partial charge is 0.402 e. The Morgan fingerprint density at radius 3 is 1.92 bits per heavy atom. The van der Waals surface area contributed by atoms with Gasteiger partial charge in [-0.05, 0) is 31.3 Å². The van der Waals surface area contributed by atoms with Gasteiger partial charge in [-0.25, -0.2) is 0 Å². The Labute approximate surface area is 82.7 Å². The molecule has 0 aliphatic heterocycles. The topological polar surface area (TPSA) is 26.0 Å². The van der Waals surface area contributed by atoms with Gasteiger partial charge in [0.25, 0.3) is 0 Å². The van der Waals surface area contributed by atoms with Gasteiger partial charge in [0, 0.05) is 5.70 Å². The van der Waals surface area contributed by atoms with E-state index in [-0.39, 0.29) is 5.41 Å². The van der Waals surface area contributed by atoms with Crippen LogP contribution in [-0.4, -0.2) is 0 Å². The highest BCUT2D eigenvalue weighted by molar-refractivity contribution is 5.19. The molecule has 0 aromatic heterocycles. The number of hydrogen-bond donors (Lipinski definition) is 1. The molecule has 0 spiro atoms. The molecule has 0 rings (SSSR count). The van der Waals surface area contributed by atoms with E-state index in [0.717, 1.165) is 5.70 Å². The van der Waals surface area contributed by atoms with Gasteiger partial charge in [0.1, 0.15) is 0 Å². The highest BCUT2D eigenvalue weighted by atomic mass is 14.5. The lowest BCUT2D eigenvalue weighted by molar-refractivity contribution is 0.310. The summed E-state index contributed by atoms with van der Waals surface area (Å²) in [6.07, 6.45) is 4.09. The Morgan fingerprint density at radius 1 is 1.15 bits per heavy atom. The molecule has 0 aliphatic rings. The van der Waals surface area contributed by atoms with Crippen molar-refractivity contribution in [3.05, 3.63) is 23.4 Å². The molecule has 13 heavy (non-hydrogen) atoms. The van der Waals surface area contributed by atoms with Crippen molar-refractivity contribution in [3.63, 3.8) is 0 Å². The molecule has 0 atom stereocenters. The zero-order valence-corrected chi connectivity index (χ0v) is 9.81. The SMILES string of the molecule is C/C(N)=C/C=C(\C)C(C)(C)C(C)C.